The van der Waals surface area contributed by atoms with Gasteiger partial charge in [0.15, 0.2) is 0 Å². The molecular weight excluding hydrogens is 396 g/mol. The van der Waals surface area contributed by atoms with Crippen molar-refractivity contribution in [3.05, 3.63) is 0 Å². The molecule has 0 saturated heterocycles. The molecule has 0 aliphatic carbocycles. The van der Waals surface area contributed by atoms with Crippen LogP contribution in [0.5, 0.6) is 0 Å². The van der Waals surface area contributed by atoms with Crippen LogP contribution >= 0.6 is 0 Å². The van der Waals surface area contributed by atoms with Crippen molar-refractivity contribution in [3.8, 4) is 0 Å². The van der Waals surface area contributed by atoms with E-state index >= 15 is 0 Å². The zero-order valence-electron chi connectivity index (χ0n) is 6.60. The molecule has 0 aliphatic heterocycles. The zero-order chi connectivity index (χ0) is 13.4. The third kappa shape index (κ3) is 3.97. The second-order valence-corrected chi connectivity index (χ2v) is 8.68. The van der Waals surface area contributed by atoms with Gasteiger partial charge in [0.1, 0.15) is 0 Å². The van der Waals surface area contributed by atoms with E-state index in [0.29, 0.717) is 0 Å². The summed E-state index contributed by atoms with van der Waals surface area (Å²) in [4.78, 5) is -11.0. The van der Waals surface area contributed by atoms with Gasteiger partial charge < -0.3 is 0 Å². The molecular formula is C4F10Se2. The number of hydrogen-bond acceptors (Lipinski definition) is 0. The fourth-order valence-corrected chi connectivity index (χ4v) is 5.38. The number of alkyl halides is 10. The Morgan fingerprint density at radius 3 is 0.750 bits per heavy atom. The summed E-state index contributed by atoms with van der Waals surface area (Å²) in [7, 11) is 0. The van der Waals surface area contributed by atoms with Gasteiger partial charge in [-0.05, 0) is 0 Å². The first-order chi connectivity index (χ1) is 6.71. The van der Waals surface area contributed by atoms with Crippen molar-refractivity contribution in [1.82, 2.24) is 0 Å². The standard InChI is InChI=1S/C4F10Se2/c5-1(6,7)3(11,12)15-16-4(13,14)2(8,9)10. The van der Waals surface area contributed by atoms with Crippen molar-refractivity contribution in [2.75, 3.05) is 0 Å². The van der Waals surface area contributed by atoms with Crippen LogP contribution < -0.4 is 0 Å². The van der Waals surface area contributed by atoms with Gasteiger partial charge in [-0.2, -0.15) is 0 Å². The molecule has 0 amide bonds. The van der Waals surface area contributed by atoms with Gasteiger partial charge in [0.25, 0.3) is 0 Å². The van der Waals surface area contributed by atoms with Gasteiger partial charge in [-0.1, -0.05) is 0 Å². The molecule has 0 atom stereocenters. The predicted molar refractivity (Wildman–Crippen MR) is 33.5 cm³/mol. The second kappa shape index (κ2) is 4.55. The fraction of sp³-hybridized carbons (Fsp3) is 1.00. The summed E-state index contributed by atoms with van der Waals surface area (Å²) in [6.45, 7) is 0. The predicted octanol–water partition coefficient (Wildman–Crippen LogP) is 2.62. The van der Waals surface area contributed by atoms with Gasteiger partial charge in [0.2, 0.25) is 0 Å². The third-order valence-corrected chi connectivity index (χ3v) is 8.41. The van der Waals surface area contributed by atoms with Crippen molar-refractivity contribution in [2.45, 2.75) is 22.0 Å². The Balaban J connectivity index is 4.59. The molecule has 98 valence electrons. The molecule has 0 aromatic rings. The minimum atomic E-state index is -6.10. The summed E-state index contributed by atoms with van der Waals surface area (Å²) >= 11 is -6.34. The maximum absolute atomic E-state index is 12.1. The van der Waals surface area contributed by atoms with E-state index < -0.39 is 48.3 Å². The topological polar surface area (TPSA) is 0 Å². The molecule has 0 nitrogen and oxygen atoms in total. The van der Waals surface area contributed by atoms with Crippen LogP contribution in [0.1, 0.15) is 0 Å². The van der Waals surface area contributed by atoms with E-state index in [1.165, 1.54) is 0 Å². The van der Waals surface area contributed by atoms with Crippen molar-refractivity contribution in [3.63, 3.8) is 0 Å². The van der Waals surface area contributed by atoms with Crippen molar-refractivity contribution in [1.29, 1.82) is 0 Å². The van der Waals surface area contributed by atoms with Gasteiger partial charge in [-0.25, -0.2) is 0 Å². The van der Waals surface area contributed by atoms with Crippen LogP contribution in [0.15, 0.2) is 0 Å². The summed E-state index contributed by atoms with van der Waals surface area (Å²) < 4.78 is 117. The molecule has 0 radical (unpaired) electrons. The first-order valence-electron chi connectivity index (χ1n) is 2.96. The Labute approximate surface area is 92.6 Å². The first-order valence-corrected chi connectivity index (χ1v) is 9.01. The van der Waals surface area contributed by atoms with Crippen molar-refractivity contribution < 1.29 is 43.9 Å². The minimum absolute atomic E-state index is 3.17. The molecule has 0 heterocycles. The quantitative estimate of drug-likeness (QED) is 0.509. The average Bonchev–Trinajstić information content (AvgIpc) is 1.97. The number of halogens is 10. The van der Waals surface area contributed by atoms with E-state index in [0.717, 1.165) is 0 Å². The maximum atomic E-state index is 12.1. The molecule has 16 heavy (non-hydrogen) atoms. The summed E-state index contributed by atoms with van der Waals surface area (Å²) in [5.74, 6) is 0. The summed E-state index contributed by atoms with van der Waals surface area (Å²) in [5, 5.41) is 0. The van der Waals surface area contributed by atoms with E-state index in [9.17, 15) is 43.9 Å². The molecule has 0 saturated carbocycles. The van der Waals surface area contributed by atoms with Gasteiger partial charge in [-0.15, -0.1) is 0 Å². The molecule has 0 aromatic heterocycles. The SMILES string of the molecule is FC(F)(F)C(F)(F)[Se][Se]C(F)(F)C(F)(F)F. The van der Waals surface area contributed by atoms with E-state index in [1.54, 1.807) is 0 Å². The van der Waals surface area contributed by atoms with Crippen LogP contribution in [0.4, 0.5) is 43.9 Å². The van der Waals surface area contributed by atoms with E-state index in [-0.39, 0.29) is 0 Å². The molecule has 0 aliphatic rings. The van der Waals surface area contributed by atoms with Gasteiger partial charge in [0.05, 0.1) is 0 Å². The van der Waals surface area contributed by atoms with E-state index in [2.05, 4.69) is 0 Å². The molecule has 0 N–H and O–H groups in total. The Kier molecular flexibility index (Phi) is 4.64. The third-order valence-electron chi connectivity index (χ3n) is 0.911. The second-order valence-electron chi connectivity index (χ2n) is 2.20. The van der Waals surface area contributed by atoms with Crippen LogP contribution in [0.3, 0.4) is 0 Å². The average molecular weight is 396 g/mol. The normalized spacial score (nSPS) is 15.4. The van der Waals surface area contributed by atoms with Crippen molar-refractivity contribution in [2.24, 2.45) is 0 Å². The molecule has 0 aromatic carbocycles. The molecule has 0 fully saturated rings. The molecule has 12 heteroatoms. The van der Waals surface area contributed by atoms with Crippen LogP contribution in [0.2, 0.25) is 0 Å². The first kappa shape index (κ1) is 16.3. The Bertz CT molecular complexity index is 212. The van der Waals surface area contributed by atoms with Crippen molar-refractivity contribution >= 4 is 26.3 Å². The Morgan fingerprint density at radius 1 is 0.438 bits per heavy atom. The zero-order valence-corrected chi connectivity index (χ0v) is 10.0. The molecule has 0 bridgehead atoms. The van der Waals surface area contributed by atoms with E-state index in [4.69, 9.17) is 0 Å². The van der Waals surface area contributed by atoms with Crippen LogP contribution in [0.25, 0.3) is 0 Å². The van der Waals surface area contributed by atoms with Gasteiger partial charge >= 0.3 is 92.2 Å². The van der Waals surface area contributed by atoms with Gasteiger partial charge in [-0.3, -0.25) is 0 Å². The summed E-state index contributed by atoms with van der Waals surface area (Å²) in [6.07, 6.45) is -12.2. The Hall–Kier alpha value is 0.339. The van der Waals surface area contributed by atoms with Gasteiger partial charge in [0, 0.05) is 0 Å². The molecule has 0 unspecified atom stereocenters. The molecule has 0 spiro atoms. The van der Waals surface area contributed by atoms with E-state index in [1.807, 2.05) is 0 Å². The van der Waals surface area contributed by atoms with Crippen LogP contribution in [-0.4, -0.2) is 48.3 Å². The number of rotatable bonds is 3. The summed E-state index contributed by atoms with van der Waals surface area (Å²) in [6, 6.07) is 0. The summed E-state index contributed by atoms with van der Waals surface area (Å²) in [5.41, 5.74) is 0. The number of hydrogen-bond donors (Lipinski definition) is 0. The fourth-order valence-electron chi connectivity index (χ4n) is 0.199. The Morgan fingerprint density at radius 2 is 0.625 bits per heavy atom. The van der Waals surface area contributed by atoms with Crippen LogP contribution in [0, 0.1) is 0 Å². The molecule has 0 rings (SSSR count). The monoisotopic (exact) mass is 398 g/mol. The van der Waals surface area contributed by atoms with Crippen LogP contribution in [-0.2, 0) is 0 Å².